The molecule has 2 rings (SSSR count). The van der Waals surface area contributed by atoms with E-state index in [2.05, 4.69) is 4.98 Å². The molecule has 0 spiro atoms. The Labute approximate surface area is 104 Å². The number of carboxylic acid groups (broad SMARTS) is 1. The number of rotatable bonds is 5. The molecular formula is C13H14N2O3. The molecule has 5 nitrogen and oxygen atoms in total. The van der Waals surface area contributed by atoms with E-state index in [1.807, 2.05) is 30.3 Å². The third-order valence-electron chi connectivity index (χ3n) is 2.83. The summed E-state index contributed by atoms with van der Waals surface area (Å²) in [7, 11) is 0. The third kappa shape index (κ3) is 2.68. The van der Waals surface area contributed by atoms with E-state index in [9.17, 15) is 9.59 Å². The quantitative estimate of drug-likeness (QED) is 0.842. The van der Waals surface area contributed by atoms with Gasteiger partial charge in [0.1, 0.15) is 0 Å². The van der Waals surface area contributed by atoms with Crippen LogP contribution in [0.25, 0.3) is 0 Å². The van der Waals surface area contributed by atoms with Gasteiger partial charge in [0, 0.05) is 18.8 Å². The fourth-order valence-corrected chi connectivity index (χ4v) is 1.98. The maximum atomic E-state index is 11.6. The number of aliphatic carboxylic acids is 1. The van der Waals surface area contributed by atoms with Gasteiger partial charge in [-0.05, 0) is 12.0 Å². The number of carboxylic acids is 1. The van der Waals surface area contributed by atoms with E-state index >= 15 is 0 Å². The van der Waals surface area contributed by atoms with Gasteiger partial charge < -0.3 is 10.1 Å². The predicted octanol–water partition coefficient (Wildman–Crippen LogP) is 1.63. The Morgan fingerprint density at radius 1 is 1.33 bits per heavy atom. The topological polar surface area (TPSA) is 75.1 Å². The smallest absolute Gasteiger partial charge is 0.326 e. The molecule has 2 N–H and O–H groups in total. The van der Waals surface area contributed by atoms with Gasteiger partial charge in [-0.25, -0.2) is 4.79 Å². The first-order valence-corrected chi connectivity index (χ1v) is 5.71. The van der Waals surface area contributed by atoms with Crippen LogP contribution in [0.2, 0.25) is 0 Å². The molecule has 94 valence electrons. The lowest BCUT2D eigenvalue weighted by molar-refractivity contribution is -0.137. The van der Waals surface area contributed by atoms with Crippen LogP contribution in [0.1, 0.15) is 24.4 Å². The highest BCUT2D eigenvalue weighted by Crippen LogP contribution is 2.21. The molecule has 0 amide bonds. The first-order chi connectivity index (χ1) is 8.68. The molecule has 2 aromatic rings. The molecule has 18 heavy (non-hydrogen) atoms. The number of benzene rings is 1. The van der Waals surface area contributed by atoms with Crippen molar-refractivity contribution in [2.45, 2.75) is 18.9 Å². The summed E-state index contributed by atoms with van der Waals surface area (Å²) in [5.41, 5.74) is 0.703. The van der Waals surface area contributed by atoms with Gasteiger partial charge in [-0.15, -0.1) is 0 Å². The van der Waals surface area contributed by atoms with Gasteiger partial charge in [-0.2, -0.15) is 0 Å². The Morgan fingerprint density at radius 3 is 2.61 bits per heavy atom. The summed E-state index contributed by atoms with van der Waals surface area (Å²) in [4.78, 5) is 24.9. The molecule has 0 bridgehead atoms. The number of imidazole rings is 1. The van der Waals surface area contributed by atoms with Crippen molar-refractivity contribution in [1.82, 2.24) is 9.55 Å². The monoisotopic (exact) mass is 246 g/mol. The number of hydrogen-bond donors (Lipinski definition) is 2. The number of aromatic amines is 1. The van der Waals surface area contributed by atoms with E-state index in [1.54, 1.807) is 12.4 Å². The molecule has 0 saturated carbocycles. The highest BCUT2D eigenvalue weighted by Gasteiger charge is 2.16. The zero-order chi connectivity index (χ0) is 13.0. The van der Waals surface area contributed by atoms with Crippen molar-refractivity contribution in [2.24, 2.45) is 0 Å². The first-order valence-electron chi connectivity index (χ1n) is 5.71. The van der Waals surface area contributed by atoms with E-state index in [0.29, 0.717) is 6.42 Å². The Balaban J connectivity index is 2.32. The Hall–Kier alpha value is -2.30. The second kappa shape index (κ2) is 5.35. The minimum atomic E-state index is -0.862. The van der Waals surface area contributed by atoms with Crippen LogP contribution < -0.4 is 5.69 Å². The molecule has 0 aliphatic rings. The average Bonchev–Trinajstić information content (AvgIpc) is 2.77. The van der Waals surface area contributed by atoms with E-state index in [4.69, 9.17) is 5.11 Å². The van der Waals surface area contributed by atoms with Gasteiger partial charge in [0.15, 0.2) is 0 Å². The molecule has 5 heteroatoms. The van der Waals surface area contributed by atoms with Crippen molar-refractivity contribution in [3.63, 3.8) is 0 Å². The molecule has 1 aromatic carbocycles. The first kappa shape index (κ1) is 12.2. The number of nitrogens with zero attached hydrogens (tertiary/aromatic N) is 1. The minimum absolute atomic E-state index is 0.0250. The molecule has 1 heterocycles. The second-order valence-electron chi connectivity index (χ2n) is 4.03. The Morgan fingerprint density at radius 2 is 2.06 bits per heavy atom. The van der Waals surface area contributed by atoms with E-state index in [0.717, 1.165) is 5.56 Å². The maximum absolute atomic E-state index is 11.6. The number of carbonyl (C=O) groups is 1. The van der Waals surface area contributed by atoms with Crippen molar-refractivity contribution in [2.75, 3.05) is 0 Å². The lowest BCUT2D eigenvalue weighted by Gasteiger charge is -2.17. The summed E-state index contributed by atoms with van der Waals surface area (Å²) in [6.45, 7) is 0. The summed E-state index contributed by atoms with van der Waals surface area (Å²) in [6, 6.07) is 9.18. The molecule has 0 radical (unpaired) electrons. The average molecular weight is 246 g/mol. The van der Waals surface area contributed by atoms with Crippen molar-refractivity contribution in [3.8, 4) is 0 Å². The molecule has 0 fully saturated rings. The minimum Gasteiger partial charge on any atom is -0.481 e. The summed E-state index contributed by atoms with van der Waals surface area (Å²) in [6.07, 6.45) is 3.61. The summed E-state index contributed by atoms with van der Waals surface area (Å²) < 4.78 is 1.53. The van der Waals surface area contributed by atoms with Crippen LogP contribution in [-0.2, 0) is 4.79 Å². The number of H-pyrrole nitrogens is 1. The lowest BCUT2D eigenvalue weighted by atomic mass is 10.0. The van der Waals surface area contributed by atoms with Crippen molar-refractivity contribution in [1.29, 1.82) is 0 Å². The third-order valence-corrected chi connectivity index (χ3v) is 2.83. The summed E-state index contributed by atoms with van der Waals surface area (Å²) in [5, 5.41) is 8.78. The van der Waals surface area contributed by atoms with Gasteiger partial charge in [0.25, 0.3) is 0 Å². The normalized spacial score (nSPS) is 12.2. The fraction of sp³-hybridized carbons (Fsp3) is 0.231. The van der Waals surface area contributed by atoms with Gasteiger partial charge in [0.2, 0.25) is 0 Å². The molecular weight excluding hydrogens is 232 g/mol. The van der Waals surface area contributed by atoms with Crippen LogP contribution in [0, 0.1) is 0 Å². The Bertz CT molecular complexity index is 571. The molecule has 0 aliphatic carbocycles. The van der Waals surface area contributed by atoms with Gasteiger partial charge in [-0.1, -0.05) is 30.3 Å². The molecule has 0 aliphatic heterocycles. The summed E-state index contributed by atoms with van der Waals surface area (Å²) in [5.74, 6) is -0.862. The zero-order valence-electron chi connectivity index (χ0n) is 9.74. The standard InChI is InChI=1S/C13H14N2O3/c16-12(17)7-6-11(10-4-2-1-3-5-10)15-9-8-14-13(15)18/h1-5,8-9,11H,6-7H2,(H,14,18)(H,16,17). The van der Waals surface area contributed by atoms with Crippen molar-refractivity contribution >= 4 is 5.97 Å². The van der Waals surface area contributed by atoms with Crippen LogP contribution in [0.3, 0.4) is 0 Å². The van der Waals surface area contributed by atoms with Gasteiger partial charge in [-0.3, -0.25) is 9.36 Å². The molecule has 1 aromatic heterocycles. The Kier molecular flexibility index (Phi) is 3.62. The molecule has 0 saturated heterocycles. The largest absolute Gasteiger partial charge is 0.481 e. The fourth-order valence-electron chi connectivity index (χ4n) is 1.98. The van der Waals surface area contributed by atoms with Crippen LogP contribution in [0.4, 0.5) is 0 Å². The van der Waals surface area contributed by atoms with Crippen LogP contribution >= 0.6 is 0 Å². The van der Waals surface area contributed by atoms with Crippen molar-refractivity contribution in [3.05, 3.63) is 58.8 Å². The highest BCUT2D eigenvalue weighted by molar-refractivity contribution is 5.66. The highest BCUT2D eigenvalue weighted by atomic mass is 16.4. The van der Waals surface area contributed by atoms with E-state index < -0.39 is 5.97 Å². The number of nitrogens with one attached hydrogen (secondary N) is 1. The zero-order valence-corrected chi connectivity index (χ0v) is 9.74. The maximum Gasteiger partial charge on any atom is 0.326 e. The number of hydrogen-bond acceptors (Lipinski definition) is 2. The molecule has 1 unspecified atom stereocenters. The van der Waals surface area contributed by atoms with Crippen molar-refractivity contribution < 1.29 is 9.90 Å². The van der Waals surface area contributed by atoms with E-state index in [1.165, 1.54) is 4.57 Å². The van der Waals surface area contributed by atoms with Crippen LogP contribution in [0.15, 0.2) is 47.5 Å². The predicted molar refractivity (Wildman–Crippen MR) is 66.5 cm³/mol. The second-order valence-corrected chi connectivity index (χ2v) is 4.03. The van der Waals surface area contributed by atoms with Crippen LogP contribution in [-0.4, -0.2) is 20.6 Å². The van der Waals surface area contributed by atoms with Gasteiger partial charge >= 0.3 is 11.7 Å². The molecule has 1 atom stereocenters. The van der Waals surface area contributed by atoms with Crippen LogP contribution in [0.5, 0.6) is 0 Å². The SMILES string of the molecule is O=C(O)CCC(c1ccccc1)n1cc[nH]c1=O. The van der Waals surface area contributed by atoms with E-state index in [-0.39, 0.29) is 18.2 Å². The summed E-state index contributed by atoms with van der Waals surface area (Å²) >= 11 is 0. The van der Waals surface area contributed by atoms with Gasteiger partial charge in [0.05, 0.1) is 6.04 Å². The number of aromatic nitrogens is 2. The lowest BCUT2D eigenvalue weighted by Crippen LogP contribution is -2.23.